The monoisotopic (exact) mass is 266 g/mol. The van der Waals surface area contributed by atoms with Crippen molar-refractivity contribution in [3.63, 3.8) is 0 Å². The van der Waals surface area contributed by atoms with Crippen LogP contribution in [-0.2, 0) is 9.59 Å². The Morgan fingerprint density at radius 2 is 1.89 bits per heavy atom. The molecule has 0 unspecified atom stereocenters. The first-order valence-corrected chi connectivity index (χ1v) is 5.89. The Bertz CT molecular complexity index is 460. The first-order chi connectivity index (χ1) is 9.10. The molecule has 0 fully saturated rings. The van der Waals surface area contributed by atoms with Crippen LogP contribution in [0.2, 0.25) is 0 Å². The highest BCUT2D eigenvalue weighted by molar-refractivity contribution is 5.95. The first kappa shape index (κ1) is 14.8. The Balaban J connectivity index is 2.69. The van der Waals surface area contributed by atoms with Gasteiger partial charge in [0.25, 0.3) is 0 Å². The largest absolute Gasteiger partial charge is 0.497 e. The summed E-state index contributed by atoms with van der Waals surface area (Å²) < 4.78 is 10.2. The van der Waals surface area contributed by atoms with Crippen LogP contribution in [0.3, 0.4) is 0 Å². The molecule has 0 aliphatic heterocycles. The van der Waals surface area contributed by atoms with Crippen LogP contribution < -0.4 is 20.1 Å². The quantitative estimate of drug-likeness (QED) is 0.810. The van der Waals surface area contributed by atoms with Crippen LogP contribution in [0.4, 0.5) is 5.69 Å². The molecule has 1 rings (SSSR count). The normalized spacial score (nSPS) is 9.63. The van der Waals surface area contributed by atoms with Gasteiger partial charge in [-0.3, -0.25) is 9.59 Å². The van der Waals surface area contributed by atoms with E-state index < -0.39 is 0 Å². The highest BCUT2D eigenvalue weighted by Crippen LogP contribution is 2.28. The topological polar surface area (TPSA) is 76.7 Å². The van der Waals surface area contributed by atoms with Gasteiger partial charge in [-0.15, -0.1) is 0 Å². The Labute approximate surface area is 112 Å². The van der Waals surface area contributed by atoms with Crippen LogP contribution in [0.25, 0.3) is 0 Å². The Morgan fingerprint density at radius 3 is 2.47 bits per heavy atom. The molecule has 19 heavy (non-hydrogen) atoms. The van der Waals surface area contributed by atoms with E-state index in [9.17, 15) is 9.59 Å². The van der Waals surface area contributed by atoms with Gasteiger partial charge in [-0.2, -0.15) is 0 Å². The maximum Gasteiger partial charge on any atom is 0.243 e. The standard InChI is InChI=1S/C13H18N2O4/c1-4-12(16)14-8-13(17)15-10-7-9(18-2)5-6-11(10)19-3/h5-7H,4,8H2,1-3H3,(H,14,16)(H,15,17). The number of carbonyl (C=O) groups excluding carboxylic acids is 2. The molecule has 2 N–H and O–H groups in total. The summed E-state index contributed by atoms with van der Waals surface area (Å²) in [4.78, 5) is 22.7. The third-order valence-electron chi connectivity index (χ3n) is 2.45. The fraction of sp³-hybridized carbons (Fsp3) is 0.385. The minimum absolute atomic E-state index is 0.0764. The number of hydrogen-bond acceptors (Lipinski definition) is 4. The molecule has 1 aromatic rings. The van der Waals surface area contributed by atoms with Gasteiger partial charge in [0.15, 0.2) is 0 Å². The molecule has 6 heteroatoms. The summed E-state index contributed by atoms with van der Waals surface area (Å²) in [5.41, 5.74) is 0.498. The van der Waals surface area contributed by atoms with Gasteiger partial charge in [-0.25, -0.2) is 0 Å². The van der Waals surface area contributed by atoms with Gasteiger partial charge in [-0.05, 0) is 12.1 Å². The van der Waals surface area contributed by atoms with Crippen molar-refractivity contribution in [1.82, 2.24) is 5.32 Å². The van der Waals surface area contributed by atoms with Gasteiger partial charge in [0.05, 0.1) is 26.5 Å². The van der Waals surface area contributed by atoms with Crippen molar-refractivity contribution >= 4 is 17.5 Å². The van der Waals surface area contributed by atoms with E-state index in [2.05, 4.69) is 10.6 Å². The average Bonchev–Trinajstić information content (AvgIpc) is 2.44. The zero-order valence-corrected chi connectivity index (χ0v) is 11.3. The number of nitrogens with one attached hydrogen (secondary N) is 2. The molecule has 0 atom stereocenters. The summed E-state index contributed by atoms with van der Waals surface area (Å²) in [7, 11) is 3.05. The molecule has 2 amide bonds. The number of ether oxygens (including phenoxy) is 2. The van der Waals surface area contributed by atoms with E-state index in [0.717, 1.165) is 0 Å². The molecular formula is C13H18N2O4. The molecular weight excluding hydrogens is 248 g/mol. The van der Waals surface area contributed by atoms with Gasteiger partial charge in [0.1, 0.15) is 11.5 Å². The van der Waals surface area contributed by atoms with Crippen molar-refractivity contribution in [3.8, 4) is 11.5 Å². The Kier molecular flexibility index (Phi) is 5.66. The maximum absolute atomic E-state index is 11.7. The van der Waals surface area contributed by atoms with Gasteiger partial charge in [0, 0.05) is 12.5 Å². The zero-order chi connectivity index (χ0) is 14.3. The summed E-state index contributed by atoms with van der Waals surface area (Å²) in [6.45, 7) is 1.64. The van der Waals surface area contributed by atoms with E-state index in [0.29, 0.717) is 23.6 Å². The van der Waals surface area contributed by atoms with Crippen LogP contribution in [-0.4, -0.2) is 32.6 Å². The van der Waals surface area contributed by atoms with Crippen LogP contribution in [0.5, 0.6) is 11.5 Å². The Hall–Kier alpha value is -2.24. The van der Waals surface area contributed by atoms with E-state index in [-0.39, 0.29) is 18.4 Å². The third-order valence-corrected chi connectivity index (χ3v) is 2.45. The number of amides is 2. The molecule has 0 bridgehead atoms. The minimum Gasteiger partial charge on any atom is -0.497 e. The molecule has 1 aromatic carbocycles. The second-order valence-electron chi connectivity index (χ2n) is 3.74. The fourth-order valence-electron chi connectivity index (χ4n) is 1.41. The van der Waals surface area contributed by atoms with Gasteiger partial charge >= 0.3 is 0 Å². The van der Waals surface area contributed by atoms with Crippen molar-refractivity contribution < 1.29 is 19.1 Å². The average molecular weight is 266 g/mol. The lowest BCUT2D eigenvalue weighted by Crippen LogP contribution is -2.32. The van der Waals surface area contributed by atoms with Crippen molar-refractivity contribution in [1.29, 1.82) is 0 Å². The molecule has 0 saturated carbocycles. The second-order valence-corrected chi connectivity index (χ2v) is 3.74. The van der Waals surface area contributed by atoms with Crippen molar-refractivity contribution in [2.75, 3.05) is 26.1 Å². The first-order valence-electron chi connectivity index (χ1n) is 5.89. The number of carbonyl (C=O) groups is 2. The number of anilines is 1. The van der Waals surface area contributed by atoms with Crippen LogP contribution in [0, 0.1) is 0 Å². The van der Waals surface area contributed by atoms with E-state index in [1.807, 2.05) is 0 Å². The summed E-state index contributed by atoms with van der Waals surface area (Å²) in [5.74, 6) is 0.630. The molecule has 0 spiro atoms. The van der Waals surface area contributed by atoms with Gasteiger partial charge < -0.3 is 20.1 Å². The van der Waals surface area contributed by atoms with Gasteiger partial charge in [-0.1, -0.05) is 6.92 Å². The predicted octanol–water partition coefficient (Wildman–Crippen LogP) is 1.17. The van der Waals surface area contributed by atoms with Crippen molar-refractivity contribution in [2.24, 2.45) is 0 Å². The molecule has 0 radical (unpaired) electrons. The van der Waals surface area contributed by atoms with Gasteiger partial charge in [0.2, 0.25) is 11.8 Å². The Morgan fingerprint density at radius 1 is 1.16 bits per heavy atom. The van der Waals surface area contributed by atoms with E-state index in [1.165, 1.54) is 14.2 Å². The van der Waals surface area contributed by atoms with Crippen LogP contribution >= 0.6 is 0 Å². The lowest BCUT2D eigenvalue weighted by atomic mass is 10.2. The zero-order valence-electron chi connectivity index (χ0n) is 11.3. The molecule has 104 valence electrons. The summed E-state index contributed by atoms with van der Waals surface area (Å²) in [5, 5.41) is 5.15. The summed E-state index contributed by atoms with van der Waals surface area (Å²) in [6.07, 6.45) is 0.343. The van der Waals surface area contributed by atoms with E-state index in [4.69, 9.17) is 9.47 Å². The molecule has 6 nitrogen and oxygen atoms in total. The molecule has 0 aliphatic rings. The minimum atomic E-state index is -0.326. The van der Waals surface area contributed by atoms with Crippen LogP contribution in [0.15, 0.2) is 18.2 Å². The molecule has 0 heterocycles. The predicted molar refractivity (Wildman–Crippen MR) is 71.5 cm³/mol. The fourth-order valence-corrected chi connectivity index (χ4v) is 1.41. The van der Waals surface area contributed by atoms with Crippen molar-refractivity contribution in [3.05, 3.63) is 18.2 Å². The third kappa shape index (κ3) is 4.50. The highest BCUT2D eigenvalue weighted by atomic mass is 16.5. The summed E-state index contributed by atoms with van der Waals surface area (Å²) >= 11 is 0. The van der Waals surface area contributed by atoms with E-state index in [1.54, 1.807) is 25.1 Å². The number of methoxy groups -OCH3 is 2. The second kappa shape index (κ2) is 7.25. The summed E-state index contributed by atoms with van der Waals surface area (Å²) in [6, 6.07) is 5.07. The molecule has 0 aromatic heterocycles. The van der Waals surface area contributed by atoms with Crippen molar-refractivity contribution in [2.45, 2.75) is 13.3 Å². The number of rotatable bonds is 6. The number of hydrogen-bond donors (Lipinski definition) is 2. The molecule has 0 saturated heterocycles. The maximum atomic E-state index is 11.7. The highest BCUT2D eigenvalue weighted by Gasteiger charge is 2.09. The lowest BCUT2D eigenvalue weighted by Gasteiger charge is -2.12. The SMILES string of the molecule is CCC(=O)NCC(=O)Nc1cc(OC)ccc1OC. The smallest absolute Gasteiger partial charge is 0.243 e. The van der Waals surface area contributed by atoms with Crippen LogP contribution in [0.1, 0.15) is 13.3 Å². The molecule has 0 aliphatic carbocycles. The number of benzene rings is 1. The van der Waals surface area contributed by atoms with E-state index >= 15 is 0 Å². The lowest BCUT2D eigenvalue weighted by molar-refractivity contribution is -0.123.